The van der Waals surface area contributed by atoms with Crippen molar-refractivity contribution in [3.8, 4) is 11.5 Å². The summed E-state index contributed by atoms with van der Waals surface area (Å²) < 4.78 is 6.35. The number of hydrazine groups is 1. The molecule has 4 aromatic carbocycles. The molecule has 4 aliphatic rings. The number of halogens is 1. The number of carbonyl (C=O) groups excluding carboxylic acids is 4. The number of amides is 4. The molecule has 0 bridgehead atoms. The molecule has 8 rings (SSSR count). The second-order valence-electron chi connectivity index (χ2n) is 13.5. The van der Waals surface area contributed by atoms with E-state index in [1.165, 1.54) is 12.0 Å². The van der Waals surface area contributed by atoms with E-state index >= 15 is 4.79 Å². The van der Waals surface area contributed by atoms with Crippen molar-refractivity contribution in [1.29, 1.82) is 0 Å². The number of anilines is 2. The Morgan fingerprint density at radius 3 is 2.26 bits per heavy atom. The number of rotatable bonds is 6. The number of nitrogens with one attached hydrogen (secondary N) is 1. The molecule has 4 amide bonds. The molecule has 2 heterocycles. The number of phenolic OH excluding ortho intramolecular Hbond substituents is 1. The van der Waals surface area contributed by atoms with Crippen LogP contribution in [0.5, 0.6) is 11.5 Å². The second kappa shape index (κ2) is 12.1. The van der Waals surface area contributed by atoms with Gasteiger partial charge in [-0.2, -0.15) is 5.01 Å². The number of imide groups is 2. The first-order valence-electron chi connectivity index (χ1n) is 16.6. The molecule has 2 aliphatic carbocycles. The summed E-state index contributed by atoms with van der Waals surface area (Å²) in [6.07, 6.45) is 2.51. The Hall–Kier alpha value is -4.97. The van der Waals surface area contributed by atoms with Gasteiger partial charge in [0, 0.05) is 9.49 Å². The summed E-state index contributed by atoms with van der Waals surface area (Å²) in [4.78, 5) is 59.7. The molecule has 4 aromatic rings. The number of aromatic hydroxyl groups is 1. The largest absolute Gasteiger partial charge is 0.504 e. The third-order valence-electron chi connectivity index (χ3n) is 11.0. The van der Waals surface area contributed by atoms with Crippen LogP contribution in [0.1, 0.15) is 35.4 Å². The predicted octanol–water partition coefficient (Wildman–Crippen LogP) is 6.50. The maximum atomic E-state index is 15.2. The summed E-state index contributed by atoms with van der Waals surface area (Å²) in [7, 11) is 1.46. The Morgan fingerprint density at radius 2 is 1.58 bits per heavy atom. The molecular weight excluding hydrogens is 745 g/mol. The molecule has 1 saturated carbocycles. The number of benzene rings is 4. The number of hydrogen-bond acceptors (Lipinski definition) is 7. The Kier molecular flexibility index (Phi) is 7.81. The average Bonchev–Trinajstić information content (AvgIpc) is 3.50. The molecule has 0 spiro atoms. The topological polar surface area (TPSA) is 116 Å². The molecule has 3 fully saturated rings. The Morgan fingerprint density at radius 1 is 0.860 bits per heavy atom. The lowest BCUT2D eigenvalue weighted by atomic mass is 9.49. The minimum atomic E-state index is -1.42. The minimum absolute atomic E-state index is 0.107. The zero-order valence-electron chi connectivity index (χ0n) is 27.4. The van der Waals surface area contributed by atoms with Crippen molar-refractivity contribution in [3.63, 3.8) is 0 Å². The number of carbonyl (C=O) groups is 4. The molecular formula is C40H34IN3O6. The second-order valence-corrected chi connectivity index (χ2v) is 14.8. The number of methoxy groups -OCH3 is 1. The van der Waals surface area contributed by atoms with Crippen LogP contribution in [0.25, 0.3) is 0 Å². The average molecular weight is 780 g/mol. The summed E-state index contributed by atoms with van der Waals surface area (Å²) in [6.45, 7) is 1.96. The third-order valence-corrected chi connectivity index (χ3v) is 11.7. The molecule has 0 radical (unpaired) electrons. The molecule has 0 aromatic heterocycles. The van der Waals surface area contributed by atoms with Crippen LogP contribution in [-0.4, -0.2) is 40.9 Å². The highest BCUT2D eigenvalue weighted by Crippen LogP contribution is 2.64. The lowest BCUT2D eigenvalue weighted by Crippen LogP contribution is -2.53. The van der Waals surface area contributed by atoms with Crippen LogP contribution in [-0.2, 0) is 24.6 Å². The van der Waals surface area contributed by atoms with Gasteiger partial charge >= 0.3 is 0 Å². The SMILES string of the molecule is COc1ccc(C2C3=CCC4C(=O)N(c5ccc(I)cc5)C(=O)C4C3CC3C(=O)N(Nc4ccc(C)cc4)C(=O)C32c2ccccc2)cc1O. The van der Waals surface area contributed by atoms with E-state index in [4.69, 9.17) is 4.74 Å². The zero-order valence-corrected chi connectivity index (χ0v) is 29.5. The van der Waals surface area contributed by atoms with E-state index in [-0.39, 0.29) is 29.7 Å². The molecule has 50 heavy (non-hydrogen) atoms. The van der Waals surface area contributed by atoms with Crippen LogP contribution in [0, 0.1) is 34.2 Å². The summed E-state index contributed by atoms with van der Waals surface area (Å²) in [5.74, 6) is -4.68. The molecule has 2 aliphatic heterocycles. The first-order chi connectivity index (χ1) is 24.1. The lowest BCUT2D eigenvalue weighted by Gasteiger charge is -2.50. The Balaban J connectivity index is 1.32. The number of phenols is 1. The monoisotopic (exact) mass is 779 g/mol. The minimum Gasteiger partial charge on any atom is -0.504 e. The van der Waals surface area contributed by atoms with E-state index in [0.717, 1.165) is 19.7 Å². The summed E-state index contributed by atoms with van der Waals surface area (Å²) >= 11 is 2.18. The van der Waals surface area contributed by atoms with E-state index in [1.54, 1.807) is 24.3 Å². The van der Waals surface area contributed by atoms with Crippen molar-refractivity contribution in [2.24, 2.45) is 23.7 Å². The summed E-state index contributed by atoms with van der Waals surface area (Å²) in [5.41, 5.74) is 5.91. The van der Waals surface area contributed by atoms with E-state index < -0.39 is 46.8 Å². The molecule has 6 unspecified atom stereocenters. The van der Waals surface area contributed by atoms with Crippen LogP contribution in [0.4, 0.5) is 11.4 Å². The normalized spacial score (nSPS) is 27.1. The van der Waals surface area contributed by atoms with Crippen LogP contribution >= 0.6 is 22.6 Å². The van der Waals surface area contributed by atoms with Crippen molar-refractivity contribution in [1.82, 2.24) is 5.01 Å². The van der Waals surface area contributed by atoms with Gasteiger partial charge in [0.1, 0.15) is 0 Å². The maximum absolute atomic E-state index is 15.2. The molecule has 10 heteroatoms. The highest BCUT2D eigenvalue weighted by atomic mass is 127. The number of allylic oxidation sites excluding steroid dienone is 2. The van der Waals surface area contributed by atoms with Gasteiger partial charge in [0.2, 0.25) is 11.8 Å². The number of ether oxygens (including phenoxy) is 1. The van der Waals surface area contributed by atoms with Crippen molar-refractivity contribution in [2.45, 2.75) is 31.1 Å². The Bertz CT molecular complexity index is 2080. The predicted molar refractivity (Wildman–Crippen MR) is 195 cm³/mol. The van der Waals surface area contributed by atoms with E-state index in [1.807, 2.05) is 85.8 Å². The Labute approximate surface area is 303 Å². The fraction of sp³-hybridized carbons (Fsp3) is 0.250. The first-order valence-corrected chi connectivity index (χ1v) is 17.7. The van der Waals surface area contributed by atoms with Gasteiger partial charge in [-0.05, 0) is 108 Å². The summed E-state index contributed by atoms with van der Waals surface area (Å²) in [5, 5.41) is 12.2. The highest BCUT2D eigenvalue weighted by Gasteiger charge is 2.70. The fourth-order valence-electron chi connectivity index (χ4n) is 8.85. The third kappa shape index (κ3) is 4.71. The van der Waals surface area contributed by atoms with Crippen molar-refractivity contribution < 1.29 is 29.0 Å². The number of hydrogen-bond donors (Lipinski definition) is 2. The maximum Gasteiger partial charge on any atom is 0.260 e. The van der Waals surface area contributed by atoms with Crippen LogP contribution in [0.15, 0.2) is 109 Å². The van der Waals surface area contributed by atoms with Crippen molar-refractivity contribution in [2.75, 3.05) is 17.4 Å². The van der Waals surface area contributed by atoms with Crippen LogP contribution < -0.4 is 15.1 Å². The van der Waals surface area contributed by atoms with E-state index in [9.17, 15) is 19.5 Å². The van der Waals surface area contributed by atoms with Crippen molar-refractivity contribution in [3.05, 3.63) is 129 Å². The lowest BCUT2D eigenvalue weighted by molar-refractivity contribution is -0.138. The summed E-state index contributed by atoms with van der Waals surface area (Å²) in [6, 6.07) is 29.1. The molecule has 9 nitrogen and oxygen atoms in total. The molecule has 252 valence electrons. The quantitative estimate of drug-likeness (QED) is 0.130. The van der Waals surface area contributed by atoms with E-state index in [0.29, 0.717) is 28.9 Å². The van der Waals surface area contributed by atoms with Gasteiger partial charge in [0.15, 0.2) is 11.5 Å². The van der Waals surface area contributed by atoms with Crippen molar-refractivity contribution >= 4 is 57.6 Å². The van der Waals surface area contributed by atoms with Crippen LogP contribution in [0.3, 0.4) is 0 Å². The van der Waals surface area contributed by atoms with Gasteiger partial charge < -0.3 is 9.84 Å². The first kappa shape index (κ1) is 32.2. The number of nitrogens with zero attached hydrogens (tertiary/aromatic N) is 2. The van der Waals surface area contributed by atoms with E-state index in [2.05, 4.69) is 28.0 Å². The number of fused-ring (bicyclic) bond motifs is 4. The van der Waals surface area contributed by atoms with Gasteiger partial charge in [-0.25, -0.2) is 0 Å². The zero-order chi connectivity index (χ0) is 34.9. The standard InChI is InChI=1S/C40H34IN3O6/c1-22-8-13-26(14-9-22)42-44-37(47)31-21-30-28(17-18-29-34(30)38(48)43(36(29)46)27-15-11-25(41)12-16-27)35(23-10-19-33(50-2)32(45)20-23)40(31,39(44)49)24-6-4-3-5-7-24/h3-17,19-20,29-31,34-35,42,45H,18,21H2,1-2H3. The number of aryl methyl sites for hydroxylation is 1. The molecule has 2 saturated heterocycles. The van der Waals surface area contributed by atoms with Gasteiger partial charge in [-0.15, -0.1) is 0 Å². The smallest absolute Gasteiger partial charge is 0.260 e. The van der Waals surface area contributed by atoms with Gasteiger partial charge in [-0.3, -0.25) is 29.5 Å². The van der Waals surface area contributed by atoms with Gasteiger partial charge in [0.25, 0.3) is 11.8 Å². The molecule has 2 N–H and O–H groups in total. The fourth-order valence-corrected chi connectivity index (χ4v) is 9.21. The van der Waals surface area contributed by atoms with Gasteiger partial charge in [-0.1, -0.05) is 65.7 Å². The highest BCUT2D eigenvalue weighted by molar-refractivity contribution is 14.1. The molecule has 6 atom stereocenters. The van der Waals surface area contributed by atoms with Crippen LogP contribution in [0.2, 0.25) is 0 Å². The van der Waals surface area contributed by atoms with Gasteiger partial charge in [0.05, 0.1) is 41.7 Å².